The molecular weight excluding hydrogens is 300 g/mol. The molecule has 1 aliphatic carbocycles. The van der Waals surface area contributed by atoms with E-state index in [1.807, 2.05) is 6.07 Å². The molecule has 0 radical (unpaired) electrons. The summed E-state index contributed by atoms with van der Waals surface area (Å²) in [6.07, 6.45) is 3.38. The maximum absolute atomic E-state index is 11.4. The summed E-state index contributed by atoms with van der Waals surface area (Å²) in [5.74, 6) is 0.590. The number of ether oxygens (including phenoxy) is 1. The Bertz CT molecular complexity index is 677. The average molecular weight is 320 g/mol. The predicted molar refractivity (Wildman–Crippen MR) is 84.0 cm³/mol. The number of esters is 1. The smallest absolute Gasteiger partial charge is 0.373 e. The van der Waals surface area contributed by atoms with Crippen molar-refractivity contribution in [2.75, 3.05) is 14.2 Å². The van der Waals surface area contributed by atoms with Gasteiger partial charge in [-0.1, -0.05) is 0 Å². The van der Waals surface area contributed by atoms with E-state index in [0.717, 1.165) is 30.0 Å². The van der Waals surface area contributed by atoms with Crippen molar-refractivity contribution in [1.29, 1.82) is 0 Å². The Morgan fingerprint density at radius 3 is 3.14 bits per heavy atom. The molecule has 2 aromatic heterocycles. The molecule has 0 aromatic carbocycles. The van der Waals surface area contributed by atoms with Gasteiger partial charge >= 0.3 is 5.97 Å². The summed E-state index contributed by atoms with van der Waals surface area (Å²) >= 11 is 1.79. The van der Waals surface area contributed by atoms with Gasteiger partial charge in [-0.05, 0) is 45.4 Å². The first-order valence-electron chi connectivity index (χ1n) is 7.42. The predicted octanol–water partition coefficient (Wildman–Crippen LogP) is 3.34. The van der Waals surface area contributed by atoms with E-state index in [1.54, 1.807) is 17.4 Å². The quantitative estimate of drug-likeness (QED) is 0.809. The summed E-state index contributed by atoms with van der Waals surface area (Å²) in [7, 11) is 3.45. The number of hydrogen-bond donors (Lipinski definition) is 0. The minimum absolute atomic E-state index is 0.254. The minimum Gasteiger partial charge on any atom is -0.463 e. The molecule has 2 heterocycles. The first kappa shape index (κ1) is 15.2. The Balaban J connectivity index is 1.73. The van der Waals surface area contributed by atoms with Gasteiger partial charge < -0.3 is 9.15 Å². The average Bonchev–Trinajstić information content (AvgIpc) is 3.11. The number of rotatable bonds is 4. The molecule has 0 saturated heterocycles. The number of carbonyl (C=O) groups excluding carboxylic acids is 1. The van der Waals surface area contributed by atoms with Crippen LogP contribution >= 0.6 is 11.3 Å². The second-order valence-electron chi connectivity index (χ2n) is 5.62. The highest BCUT2D eigenvalue weighted by molar-refractivity contribution is 7.11. The molecule has 1 aliphatic rings. The van der Waals surface area contributed by atoms with Crippen LogP contribution in [0.4, 0.5) is 0 Å². The molecule has 22 heavy (non-hydrogen) atoms. The van der Waals surface area contributed by atoms with Gasteiger partial charge in [-0.25, -0.2) is 9.78 Å². The normalized spacial score (nSPS) is 17.5. The van der Waals surface area contributed by atoms with Crippen LogP contribution in [0.15, 0.2) is 16.5 Å². The minimum atomic E-state index is -0.438. The topological polar surface area (TPSA) is 55.6 Å². The van der Waals surface area contributed by atoms with E-state index in [2.05, 4.69) is 28.6 Å². The Kier molecular flexibility index (Phi) is 4.31. The van der Waals surface area contributed by atoms with Crippen LogP contribution in [0, 0.1) is 6.92 Å². The van der Waals surface area contributed by atoms with Gasteiger partial charge in [-0.2, -0.15) is 0 Å². The number of carbonyl (C=O) groups is 1. The zero-order valence-corrected chi connectivity index (χ0v) is 13.9. The number of furan rings is 1. The van der Waals surface area contributed by atoms with Crippen LogP contribution in [0.5, 0.6) is 0 Å². The van der Waals surface area contributed by atoms with Gasteiger partial charge in [-0.3, -0.25) is 4.90 Å². The number of nitrogens with zero attached hydrogens (tertiary/aromatic N) is 2. The number of methoxy groups -OCH3 is 1. The van der Waals surface area contributed by atoms with Crippen LogP contribution in [-0.4, -0.2) is 30.0 Å². The molecule has 2 aromatic rings. The molecule has 0 unspecified atom stereocenters. The molecule has 0 spiro atoms. The summed E-state index contributed by atoms with van der Waals surface area (Å²) in [6.45, 7) is 2.73. The maximum Gasteiger partial charge on any atom is 0.373 e. The summed E-state index contributed by atoms with van der Waals surface area (Å²) in [6, 6.07) is 3.88. The summed E-state index contributed by atoms with van der Waals surface area (Å²) in [5, 5.41) is 1.14. The molecule has 6 heteroatoms. The van der Waals surface area contributed by atoms with Crippen LogP contribution in [0.25, 0.3) is 0 Å². The van der Waals surface area contributed by atoms with E-state index >= 15 is 0 Å². The first-order chi connectivity index (χ1) is 10.6. The Hall–Kier alpha value is -1.66. The van der Waals surface area contributed by atoms with Gasteiger partial charge in [0.2, 0.25) is 5.76 Å². The van der Waals surface area contributed by atoms with E-state index in [9.17, 15) is 4.79 Å². The molecule has 0 fully saturated rings. The van der Waals surface area contributed by atoms with Gasteiger partial charge in [0.1, 0.15) is 5.76 Å². The van der Waals surface area contributed by atoms with Gasteiger partial charge in [0.15, 0.2) is 0 Å². The van der Waals surface area contributed by atoms with Crippen LogP contribution in [0.1, 0.15) is 50.8 Å². The van der Waals surface area contributed by atoms with Crippen LogP contribution < -0.4 is 0 Å². The third kappa shape index (κ3) is 2.94. The third-order valence-electron chi connectivity index (χ3n) is 4.01. The van der Waals surface area contributed by atoms with Crippen molar-refractivity contribution >= 4 is 17.3 Å². The van der Waals surface area contributed by atoms with Crippen molar-refractivity contribution in [2.24, 2.45) is 0 Å². The molecule has 0 N–H and O–H groups in total. The second-order valence-corrected chi connectivity index (χ2v) is 6.86. The molecule has 0 bridgehead atoms. The fourth-order valence-electron chi connectivity index (χ4n) is 2.97. The lowest BCUT2D eigenvalue weighted by Gasteiger charge is -2.29. The Morgan fingerprint density at radius 1 is 1.55 bits per heavy atom. The molecule has 0 saturated carbocycles. The number of hydrogen-bond acceptors (Lipinski definition) is 6. The lowest BCUT2D eigenvalue weighted by Crippen LogP contribution is -2.26. The summed E-state index contributed by atoms with van der Waals surface area (Å²) in [5.41, 5.74) is 1.25. The Morgan fingerprint density at radius 2 is 2.36 bits per heavy atom. The van der Waals surface area contributed by atoms with Crippen LogP contribution in [0.2, 0.25) is 0 Å². The number of aromatic nitrogens is 1. The fourth-order valence-corrected chi connectivity index (χ4v) is 4.14. The lowest BCUT2D eigenvalue weighted by molar-refractivity contribution is 0.0560. The molecular formula is C16H20N2O3S. The van der Waals surface area contributed by atoms with Crippen molar-refractivity contribution in [3.8, 4) is 0 Å². The van der Waals surface area contributed by atoms with Crippen LogP contribution in [0.3, 0.4) is 0 Å². The Labute approximate surface area is 133 Å². The van der Waals surface area contributed by atoms with Gasteiger partial charge in [0, 0.05) is 10.9 Å². The van der Waals surface area contributed by atoms with Gasteiger partial charge in [-0.15, -0.1) is 11.3 Å². The van der Waals surface area contributed by atoms with E-state index in [-0.39, 0.29) is 5.76 Å². The highest BCUT2D eigenvalue weighted by Crippen LogP contribution is 2.37. The highest BCUT2D eigenvalue weighted by Gasteiger charge is 2.27. The summed E-state index contributed by atoms with van der Waals surface area (Å²) in [4.78, 5) is 19.7. The van der Waals surface area contributed by atoms with Crippen molar-refractivity contribution < 1.29 is 13.9 Å². The lowest BCUT2D eigenvalue weighted by atomic mass is 9.97. The largest absolute Gasteiger partial charge is 0.463 e. The first-order valence-corrected chi connectivity index (χ1v) is 8.23. The molecule has 0 aliphatic heterocycles. The van der Waals surface area contributed by atoms with Crippen molar-refractivity contribution in [3.63, 3.8) is 0 Å². The van der Waals surface area contributed by atoms with Crippen molar-refractivity contribution in [3.05, 3.63) is 39.2 Å². The molecule has 118 valence electrons. The van der Waals surface area contributed by atoms with E-state index in [1.165, 1.54) is 17.7 Å². The zero-order chi connectivity index (χ0) is 15.7. The zero-order valence-electron chi connectivity index (χ0n) is 13.1. The maximum atomic E-state index is 11.4. The molecule has 5 nitrogen and oxygen atoms in total. The van der Waals surface area contributed by atoms with Crippen molar-refractivity contribution in [2.45, 2.75) is 38.8 Å². The standard InChI is InChI=1S/C16H20N2O3S/c1-10-17-12-5-4-6-13(15(12)22-10)18(2)9-11-7-8-14(21-11)16(19)20-3/h7-8,13H,4-6,9H2,1-3H3/t13-/m0/s1. The number of fused-ring (bicyclic) bond motifs is 1. The van der Waals surface area contributed by atoms with E-state index in [4.69, 9.17) is 4.42 Å². The molecule has 3 rings (SSSR count). The van der Waals surface area contributed by atoms with Crippen LogP contribution in [-0.2, 0) is 17.7 Å². The molecule has 1 atom stereocenters. The number of thiazole rings is 1. The number of aryl methyl sites for hydroxylation is 2. The van der Waals surface area contributed by atoms with E-state index in [0.29, 0.717) is 12.6 Å². The van der Waals surface area contributed by atoms with Gasteiger partial charge in [0.25, 0.3) is 0 Å². The SMILES string of the molecule is COC(=O)c1ccc(CN(C)[C@H]2CCCc3nc(C)sc32)o1. The second kappa shape index (κ2) is 6.22. The van der Waals surface area contributed by atoms with E-state index < -0.39 is 5.97 Å². The monoisotopic (exact) mass is 320 g/mol. The van der Waals surface area contributed by atoms with Gasteiger partial charge in [0.05, 0.1) is 24.4 Å². The summed E-state index contributed by atoms with van der Waals surface area (Å²) < 4.78 is 10.2. The molecule has 0 amide bonds. The highest BCUT2D eigenvalue weighted by atomic mass is 32.1. The fraction of sp³-hybridized carbons (Fsp3) is 0.500. The third-order valence-corrected chi connectivity index (χ3v) is 5.13. The van der Waals surface area contributed by atoms with Crippen molar-refractivity contribution in [1.82, 2.24) is 9.88 Å².